The molecule has 234 valence electrons. The fraction of sp³-hybridized carbons (Fsp3) is 0.516. The van der Waals surface area contributed by atoms with Crippen molar-refractivity contribution >= 4 is 23.7 Å². The van der Waals surface area contributed by atoms with Crippen molar-refractivity contribution in [2.45, 2.75) is 71.4 Å². The normalized spacial score (nSPS) is 20.3. The minimum atomic E-state index is -1.54. The van der Waals surface area contributed by atoms with Crippen molar-refractivity contribution in [2.75, 3.05) is 38.2 Å². The molecule has 13 heteroatoms. The summed E-state index contributed by atoms with van der Waals surface area (Å²) >= 11 is 0. The zero-order valence-electron chi connectivity index (χ0n) is 26.1. The number of aromatic nitrogens is 4. The number of nitrogens with one attached hydrogen (secondary N) is 2. The molecule has 1 unspecified atom stereocenters. The summed E-state index contributed by atoms with van der Waals surface area (Å²) in [6.45, 7) is 14.8. The van der Waals surface area contributed by atoms with Crippen LogP contribution in [-0.2, 0) is 37.6 Å². The monoisotopic (exact) mass is 604 g/mol. The maximum absolute atomic E-state index is 14.4. The lowest BCUT2D eigenvalue weighted by molar-refractivity contribution is -0.160. The fourth-order valence-corrected chi connectivity index (χ4v) is 5.70. The molecule has 1 atom stereocenters. The van der Waals surface area contributed by atoms with Crippen LogP contribution in [0.15, 0.2) is 41.9 Å². The van der Waals surface area contributed by atoms with Crippen LogP contribution in [0.25, 0.3) is 11.1 Å². The molecule has 0 aliphatic carbocycles. The highest BCUT2D eigenvalue weighted by Gasteiger charge is 2.51. The molecule has 0 aromatic carbocycles. The van der Waals surface area contributed by atoms with Crippen molar-refractivity contribution in [2.24, 2.45) is 4.99 Å². The van der Waals surface area contributed by atoms with Crippen LogP contribution in [0.1, 0.15) is 58.5 Å². The maximum Gasteiger partial charge on any atom is 0.410 e. The van der Waals surface area contributed by atoms with E-state index < -0.39 is 22.7 Å². The number of hydrogen-bond acceptors (Lipinski definition) is 10. The minimum Gasteiger partial charge on any atom is -0.458 e. The van der Waals surface area contributed by atoms with E-state index in [9.17, 15) is 9.59 Å². The number of pyridine rings is 1. The Balaban J connectivity index is 1.48. The largest absolute Gasteiger partial charge is 0.458 e. The van der Waals surface area contributed by atoms with E-state index in [2.05, 4.69) is 25.3 Å². The Kier molecular flexibility index (Phi) is 7.39. The fourth-order valence-electron chi connectivity index (χ4n) is 5.70. The number of ether oxygens (including phenoxy) is 3. The van der Waals surface area contributed by atoms with Gasteiger partial charge in [-0.05, 0) is 53.7 Å². The van der Waals surface area contributed by atoms with Gasteiger partial charge in [-0.3, -0.25) is 9.67 Å². The van der Waals surface area contributed by atoms with Gasteiger partial charge in [-0.2, -0.15) is 5.10 Å². The number of rotatable bonds is 3. The van der Waals surface area contributed by atoms with Gasteiger partial charge >= 0.3 is 12.1 Å². The average Bonchev–Trinajstić information content (AvgIpc) is 3.59. The molecular weight excluding hydrogens is 564 g/mol. The second-order valence-corrected chi connectivity index (χ2v) is 13.2. The summed E-state index contributed by atoms with van der Waals surface area (Å²) in [7, 11) is 0. The van der Waals surface area contributed by atoms with E-state index in [4.69, 9.17) is 19.2 Å². The number of amides is 1. The molecule has 44 heavy (non-hydrogen) atoms. The molecule has 6 rings (SSSR count). The van der Waals surface area contributed by atoms with Gasteiger partial charge in [-0.1, -0.05) is 0 Å². The number of esters is 1. The van der Waals surface area contributed by atoms with E-state index in [1.165, 1.54) is 0 Å². The summed E-state index contributed by atoms with van der Waals surface area (Å²) in [6, 6.07) is 3.58. The highest BCUT2D eigenvalue weighted by atomic mass is 16.6. The van der Waals surface area contributed by atoms with Crippen molar-refractivity contribution < 1.29 is 23.8 Å². The minimum absolute atomic E-state index is 0.330. The lowest BCUT2D eigenvalue weighted by atomic mass is 9.85. The van der Waals surface area contributed by atoms with E-state index in [1.807, 2.05) is 52.4 Å². The lowest BCUT2D eigenvalue weighted by Crippen LogP contribution is -2.51. The predicted octanol–water partition coefficient (Wildman–Crippen LogP) is 3.72. The molecule has 1 amide bonds. The van der Waals surface area contributed by atoms with Gasteiger partial charge in [0.1, 0.15) is 11.2 Å². The van der Waals surface area contributed by atoms with Crippen molar-refractivity contribution in [1.82, 2.24) is 29.5 Å². The summed E-state index contributed by atoms with van der Waals surface area (Å²) in [5, 5.41) is 8.20. The van der Waals surface area contributed by atoms with Gasteiger partial charge in [-0.25, -0.2) is 14.6 Å². The quantitative estimate of drug-likeness (QED) is 0.428. The number of carbonyl (C=O) groups is 2. The first kappa shape index (κ1) is 29.7. The van der Waals surface area contributed by atoms with Gasteiger partial charge in [-0.15, -0.1) is 0 Å². The number of morpholine rings is 1. The van der Waals surface area contributed by atoms with Gasteiger partial charge < -0.3 is 34.3 Å². The van der Waals surface area contributed by atoms with E-state index in [0.29, 0.717) is 68.8 Å². The Labute approximate surface area is 256 Å². The molecular formula is C31H40N8O5. The first-order valence-electron chi connectivity index (χ1n) is 14.9. The second-order valence-electron chi connectivity index (χ2n) is 13.2. The Morgan fingerprint density at radius 1 is 0.955 bits per heavy atom. The Morgan fingerprint density at radius 2 is 1.66 bits per heavy atom. The van der Waals surface area contributed by atoms with Crippen LogP contribution < -0.4 is 5.32 Å². The number of hydrogen-bond donors (Lipinski definition) is 2. The molecule has 2 N–H and O–H groups in total. The zero-order chi connectivity index (χ0) is 31.3. The molecule has 1 saturated heterocycles. The molecule has 3 aliphatic rings. The molecule has 1 fully saturated rings. The molecule has 0 saturated carbocycles. The number of fused-ring (bicyclic) bond motifs is 2. The van der Waals surface area contributed by atoms with Gasteiger partial charge in [0, 0.05) is 54.9 Å². The predicted molar refractivity (Wildman–Crippen MR) is 163 cm³/mol. The molecule has 0 bridgehead atoms. The Morgan fingerprint density at radius 3 is 2.34 bits per heavy atom. The zero-order valence-corrected chi connectivity index (χ0v) is 26.1. The number of carbonyl (C=O) groups excluding carboxylic acids is 2. The smallest absolute Gasteiger partial charge is 0.410 e. The van der Waals surface area contributed by atoms with Crippen LogP contribution in [0.2, 0.25) is 0 Å². The molecule has 6 heterocycles. The second kappa shape index (κ2) is 11.0. The number of aliphatic imine (C=N–C) groups is 1. The molecule has 3 aromatic rings. The van der Waals surface area contributed by atoms with Crippen LogP contribution in [0.3, 0.4) is 0 Å². The van der Waals surface area contributed by atoms with Crippen molar-refractivity contribution in [3.05, 3.63) is 53.9 Å². The summed E-state index contributed by atoms with van der Waals surface area (Å²) in [5.41, 5.74) is 1.45. The van der Waals surface area contributed by atoms with Crippen LogP contribution in [0, 0.1) is 0 Å². The van der Waals surface area contributed by atoms with Gasteiger partial charge in [0.05, 0.1) is 49.6 Å². The van der Waals surface area contributed by atoms with Crippen LogP contribution in [0.5, 0.6) is 0 Å². The lowest BCUT2D eigenvalue weighted by Gasteiger charge is -2.39. The third-order valence-corrected chi connectivity index (χ3v) is 7.67. The van der Waals surface area contributed by atoms with Crippen LogP contribution in [0.4, 0.5) is 10.5 Å². The van der Waals surface area contributed by atoms with E-state index in [0.717, 1.165) is 16.8 Å². The summed E-state index contributed by atoms with van der Waals surface area (Å²) in [5.74, 6) is 0.0342. The summed E-state index contributed by atoms with van der Waals surface area (Å²) in [4.78, 5) is 43.9. The number of H-pyrrole nitrogens is 1. The van der Waals surface area contributed by atoms with Crippen LogP contribution >= 0.6 is 0 Å². The summed E-state index contributed by atoms with van der Waals surface area (Å²) < 4.78 is 19.3. The standard InChI is InChI=1S/C31H40N8O5/c1-29(2,3)43-26(40)31(20-7-9-32-10-8-20)25-24(35-27(36-31)37-13-15-42-16-14-37)22(17-33-25)21-18-34-39-12-11-38(19-23(21)39)28(41)44-30(4,5)6/h7-10,17-18,33H,11-16,19H2,1-6H3,(H,35,36). The first-order chi connectivity index (χ1) is 20.9. The summed E-state index contributed by atoms with van der Waals surface area (Å²) in [6.07, 6.45) is 6.60. The third-order valence-electron chi connectivity index (χ3n) is 7.67. The van der Waals surface area contributed by atoms with E-state index in [-0.39, 0.29) is 6.09 Å². The van der Waals surface area contributed by atoms with E-state index in [1.54, 1.807) is 35.6 Å². The number of aromatic amines is 1. The van der Waals surface area contributed by atoms with Gasteiger partial charge in [0.15, 0.2) is 0 Å². The molecule has 0 radical (unpaired) electrons. The highest BCUT2D eigenvalue weighted by molar-refractivity contribution is 6.06. The topological polar surface area (TPSA) is 139 Å². The molecule has 0 spiro atoms. The van der Waals surface area contributed by atoms with Crippen LogP contribution in [-0.4, -0.2) is 91.6 Å². The number of guanidine groups is 1. The first-order valence-corrected chi connectivity index (χ1v) is 14.9. The Hall–Kier alpha value is -4.39. The van der Waals surface area contributed by atoms with Crippen molar-refractivity contribution in [1.29, 1.82) is 0 Å². The third kappa shape index (κ3) is 5.51. The average molecular weight is 605 g/mol. The molecule has 3 aromatic heterocycles. The van der Waals surface area contributed by atoms with Crippen molar-refractivity contribution in [3.8, 4) is 11.1 Å². The Bertz CT molecular complexity index is 1580. The number of anilines is 1. The van der Waals surface area contributed by atoms with Gasteiger partial charge in [0.2, 0.25) is 11.5 Å². The maximum atomic E-state index is 14.4. The van der Waals surface area contributed by atoms with Crippen molar-refractivity contribution in [3.63, 3.8) is 0 Å². The van der Waals surface area contributed by atoms with E-state index >= 15 is 0 Å². The molecule has 13 nitrogen and oxygen atoms in total. The highest BCUT2D eigenvalue weighted by Crippen LogP contribution is 2.47. The SMILES string of the molecule is CC(C)(C)OC(=O)N1CCn2ncc(-c3c[nH]c4c3NC(N3CCOCC3)=NC4(C(=O)OC(C)(C)C)c3ccncc3)c2C1. The van der Waals surface area contributed by atoms with Gasteiger partial charge in [0.25, 0.3) is 0 Å². The molecule has 3 aliphatic heterocycles. The number of nitrogens with zero attached hydrogens (tertiary/aromatic N) is 6.